The summed E-state index contributed by atoms with van der Waals surface area (Å²) in [5.74, 6) is 0. The van der Waals surface area contributed by atoms with Crippen molar-refractivity contribution in [3.8, 4) is 0 Å². The molecule has 2 nitrogen and oxygen atoms in total. The molecule has 0 aliphatic heterocycles. The van der Waals surface area contributed by atoms with Crippen molar-refractivity contribution in [2.75, 3.05) is 0 Å². The van der Waals surface area contributed by atoms with Crippen LogP contribution in [0, 0.1) is 0 Å². The number of alkyl halides is 3. The Kier molecular flexibility index (Phi) is 2.64. The van der Waals surface area contributed by atoms with E-state index in [-0.39, 0.29) is 0 Å². The van der Waals surface area contributed by atoms with E-state index in [0.717, 1.165) is 0 Å². The van der Waals surface area contributed by atoms with Gasteiger partial charge in [-0.15, -0.1) is 0 Å². The molecule has 0 saturated heterocycles. The van der Waals surface area contributed by atoms with Crippen molar-refractivity contribution in [3.05, 3.63) is 0 Å². The first kappa shape index (κ1) is 7.79. The third-order valence-corrected chi connectivity index (χ3v) is 1.13. The van der Waals surface area contributed by atoms with Gasteiger partial charge in [0.2, 0.25) is 3.79 Å². The Morgan fingerprint density at radius 3 is 1.29 bits per heavy atom. The molecule has 44 valence electrons. The molecular formula is C2H5Cl3N2. The van der Waals surface area contributed by atoms with Gasteiger partial charge >= 0.3 is 0 Å². The van der Waals surface area contributed by atoms with Gasteiger partial charge in [-0.2, -0.15) is 0 Å². The molecule has 0 aromatic carbocycles. The second kappa shape index (κ2) is 2.37. The van der Waals surface area contributed by atoms with Crippen LogP contribution in [0.4, 0.5) is 0 Å². The predicted molar refractivity (Wildman–Crippen MR) is 32.5 cm³/mol. The minimum Gasteiger partial charge on any atom is -0.312 e. The van der Waals surface area contributed by atoms with Gasteiger partial charge in [0.15, 0.2) is 0 Å². The molecule has 0 fully saturated rings. The summed E-state index contributed by atoms with van der Waals surface area (Å²) in [4.78, 5) is 0. The molecular weight excluding hydrogens is 158 g/mol. The molecule has 0 spiro atoms. The molecule has 0 amide bonds. The Hall–Kier alpha value is 0.790. The number of halogens is 3. The maximum absolute atomic E-state index is 5.15. The molecule has 0 saturated carbocycles. The number of hydrogen-bond donors (Lipinski definition) is 2. The van der Waals surface area contributed by atoms with Crippen LogP contribution < -0.4 is 11.5 Å². The van der Waals surface area contributed by atoms with Crippen LogP contribution in [0.2, 0.25) is 0 Å². The van der Waals surface area contributed by atoms with Gasteiger partial charge in [-0.25, -0.2) is 0 Å². The first-order valence-corrected chi connectivity index (χ1v) is 2.66. The Morgan fingerprint density at radius 2 is 1.29 bits per heavy atom. The van der Waals surface area contributed by atoms with Crippen molar-refractivity contribution < 1.29 is 0 Å². The van der Waals surface area contributed by atoms with Gasteiger partial charge in [0.05, 0.1) is 0 Å². The molecule has 0 aliphatic rings. The Morgan fingerprint density at radius 1 is 1.14 bits per heavy atom. The molecule has 7 heavy (non-hydrogen) atoms. The van der Waals surface area contributed by atoms with E-state index in [1.807, 2.05) is 0 Å². The topological polar surface area (TPSA) is 52.0 Å². The van der Waals surface area contributed by atoms with Gasteiger partial charge < -0.3 is 11.5 Å². The monoisotopic (exact) mass is 162 g/mol. The first-order valence-electron chi connectivity index (χ1n) is 1.52. The second-order valence-electron chi connectivity index (χ2n) is 1.07. The van der Waals surface area contributed by atoms with Crippen LogP contribution in [0.3, 0.4) is 0 Å². The Labute approximate surface area is 56.7 Å². The van der Waals surface area contributed by atoms with Crippen molar-refractivity contribution in [3.63, 3.8) is 0 Å². The van der Waals surface area contributed by atoms with Gasteiger partial charge in [0.1, 0.15) is 6.17 Å². The molecule has 0 unspecified atom stereocenters. The van der Waals surface area contributed by atoms with Gasteiger partial charge in [0, 0.05) is 0 Å². The fourth-order valence-electron chi connectivity index (χ4n) is 0. The minimum absolute atomic E-state index is 0.905. The maximum atomic E-state index is 5.15. The van der Waals surface area contributed by atoms with Crippen LogP contribution in [0.25, 0.3) is 0 Å². The number of nitrogens with two attached hydrogens (primary N) is 2. The van der Waals surface area contributed by atoms with Crippen molar-refractivity contribution in [1.29, 1.82) is 0 Å². The van der Waals surface area contributed by atoms with Gasteiger partial charge in [-0.3, -0.25) is 0 Å². The highest BCUT2D eigenvalue weighted by molar-refractivity contribution is 6.68. The summed E-state index contributed by atoms with van der Waals surface area (Å²) in [5.41, 5.74) is 9.90. The molecule has 0 bridgehead atoms. The van der Waals surface area contributed by atoms with E-state index < -0.39 is 9.96 Å². The van der Waals surface area contributed by atoms with E-state index in [9.17, 15) is 0 Å². The zero-order valence-corrected chi connectivity index (χ0v) is 5.63. The van der Waals surface area contributed by atoms with Gasteiger partial charge in [-0.1, -0.05) is 34.8 Å². The predicted octanol–water partition coefficient (Wildman–Crippen LogP) is 0.600. The molecule has 0 aromatic heterocycles. The normalized spacial score (nSPS) is 12.9. The van der Waals surface area contributed by atoms with Crippen molar-refractivity contribution in [2.24, 2.45) is 11.5 Å². The van der Waals surface area contributed by atoms with Crippen LogP contribution in [-0.4, -0.2) is 9.96 Å². The molecule has 5 heteroatoms. The van der Waals surface area contributed by atoms with Crippen LogP contribution in [0.1, 0.15) is 0 Å². The highest BCUT2D eigenvalue weighted by Gasteiger charge is 2.25. The molecule has 0 heterocycles. The lowest BCUT2D eigenvalue weighted by Crippen LogP contribution is -2.42. The van der Waals surface area contributed by atoms with Gasteiger partial charge in [0.25, 0.3) is 0 Å². The lowest BCUT2D eigenvalue weighted by atomic mass is 10.6. The zero-order chi connectivity index (χ0) is 6.08. The summed E-state index contributed by atoms with van der Waals surface area (Å²) in [5, 5.41) is 0. The summed E-state index contributed by atoms with van der Waals surface area (Å²) < 4.78 is -1.53. The van der Waals surface area contributed by atoms with E-state index in [4.69, 9.17) is 46.3 Å². The number of hydrogen-bond acceptors (Lipinski definition) is 2. The summed E-state index contributed by atoms with van der Waals surface area (Å²) in [6, 6.07) is 0. The van der Waals surface area contributed by atoms with E-state index in [0.29, 0.717) is 0 Å². The van der Waals surface area contributed by atoms with Crippen LogP contribution in [0.15, 0.2) is 0 Å². The van der Waals surface area contributed by atoms with E-state index in [2.05, 4.69) is 0 Å². The third-order valence-electron chi connectivity index (χ3n) is 0.378. The largest absolute Gasteiger partial charge is 0.312 e. The molecule has 0 atom stereocenters. The standard InChI is InChI=1S/C2H5Cl3N2/c3-2(4,5)1(6)7/h1H,6-7H2. The van der Waals surface area contributed by atoms with E-state index in [1.54, 1.807) is 0 Å². The van der Waals surface area contributed by atoms with Crippen LogP contribution in [0.5, 0.6) is 0 Å². The van der Waals surface area contributed by atoms with Crippen molar-refractivity contribution >= 4 is 34.8 Å². The maximum Gasteiger partial charge on any atom is 0.218 e. The molecule has 0 aromatic rings. The fraction of sp³-hybridized carbons (Fsp3) is 1.00. The smallest absolute Gasteiger partial charge is 0.218 e. The Balaban J connectivity index is 3.54. The Bertz CT molecular complexity index is 56.4. The third kappa shape index (κ3) is 3.38. The van der Waals surface area contributed by atoms with E-state index in [1.165, 1.54) is 0 Å². The summed E-state index contributed by atoms with van der Waals surface area (Å²) in [6.07, 6.45) is -0.905. The first-order chi connectivity index (χ1) is 2.94. The quantitative estimate of drug-likeness (QED) is 0.406. The molecule has 0 rings (SSSR count). The van der Waals surface area contributed by atoms with Crippen molar-refractivity contribution in [1.82, 2.24) is 0 Å². The lowest BCUT2D eigenvalue weighted by Gasteiger charge is -2.13. The van der Waals surface area contributed by atoms with Crippen LogP contribution in [-0.2, 0) is 0 Å². The minimum atomic E-state index is -1.53. The SMILES string of the molecule is NC(N)C(Cl)(Cl)Cl. The summed E-state index contributed by atoms with van der Waals surface area (Å²) >= 11 is 15.4. The average Bonchev–Trinajstić information content (AvgIpc) is 1.31. The fourth-order valence-corrected chi connectivity index (χ4v) is 0. The van der Waals surface area contributed by atoms with Gasteiger partial charge in [-0.05, 0) is 0 Å². The average molecular weight is 163 g/mol. The lowest BCUT2D eigenvalue weighted by molar-refractivity contribution is 0.726. The summed E-state index contributed by atoms with van der Waals surface area (Å²) in [7, 11) is 0. The van der Waals surface area contributed by atoms with E-state index >= 15 is 0 Å². The molecule has 0 aliphatic carbocycles. The zero-order valence-electron chi connectivity index (χ0n) is 3.37. The van der Waals surface area contributed by atoms with Crippen LogP contribution >= 0.6 is 34.8 Å². The second-order valence-corrected chi connectivity index (χ2v) is 3.44. The highest BCUT2D eigenvalue weighted by Crippen LogP contribution is 2.26. The molecule has 0 radical (unpaired) electrons. The van der Waals surface area contributed by atoms with Crippen molar-refractivity contribution in [2.45, 2.75) is 9.96 Å². The highest BCUT2D eigenvalue weighted by atomic mass is 35.6. The summed E-state index contributed by atoms with van der Waals surface area (Å²) in [6.45, 7) is 0. The molecule has 4 N–H and O–H groups in total. The number of rotatable bonds is 0.